The van der Waals surface area contributed by atoms with Gasteiger partial charge in [-0.25, -0.2) is 19.6 Å². The fourth-order valence-electron chi connectivity index (χ4n) is 7.22. The van der Waals surface area contributed by atoms with E-state index in [-0.39, 0.29) is 90.5 Å². The molecule has 0 spiro atoms. The van der Waals surface area contributed by atoms with Crippen LogP contribution in [0.2, 0.25) is 0 Å². The van der Waals surface area contributed by atoms with Gasteiger partial charge in [0.1, 0.15) is 24.7 Å². The number of fused-ring (bicyclic) bond motifs is 4. The van der Waals surface area contributed by atoms with Gasteiger partial charge in [0.05, 0.1) is 18.4 Å². The number of thioether (sulfide) groups is 1. The summed E-state index contributed by atoms with van der Waals surface area (Å²) in [6.07, 6.45) is 1.10. The maximum Gasteiger partial charge on any atom is 0.327 e. The van der Waals surface area contributed by atoms with Gasteiger partial charge in [0.15, 0.2) is 16.7 Å². The summed E-state index contributed by atoms with van der Waals surface area (Å²) in [6.45, 7) is 1.10. The number of ether oxygens (including phenoxy) is 1. The van der Waals surface area contributed by atoms with E-state index < -0.39 is 53.8 Å². The number of nitrogens with zero attached hydrogens (tertiary/aromatic N) is 3. The van der Waals surface area contributed by atoms with Gasteiger partial charge in [-0.1, -0.05) is 70.1 Å². The van der Waals surface area contributed by atoms with Crippen LogP contribution in [0.3, 0.4) is 0 Å². The highest BCUT2D eigenvalue weighted by atomic mass is 33.1. The van der Waals surface area contributed by atoms with Gasteiger partial charge in [0, 0.05) is 66.5 Å². The van der Waals surface area contributed by atoms with Gasteiger partial charge in [0.2, 0.25) is 23.7 Å². The van der Waals surface area contributed by atoms with E-state index in [9.17, 15) is 43.8 Å². The number of hydrogen-bond acceptors (Lipinski definition) is 17. The lowest BCUT2D eigenvalue weighted by Crippen LogP contribution is -2.55. The van der Waals surface area contributed by atoms with Gasteiger partial charge in [-0.2, -0.15) is 16.7 Å². The molecule has 24 heteroatoms. The number of nitrogens with two attached hydrogens (primary N) is 1. The number of aromatic amines is 1. The number of nitrogen functional groups attached to an aromatic ring is 1. The molecule has 1 aliphatic rings. The SMILES string of the molecule is CC(=O)N[C@@H](CNC(=O)CCSCC1c2ccccc2-c2ccccc21)C(=O)N[C@@H](CSSCCOC(=O)CCC(NC(=O)c1ccc(NCc2cnc3nc(N)[nH]c(=N)c3n2)cc1)C(=O)O)C(=O)O. The maximum absolute atomic E-state index is 13.1. The second-order valence-corrected chi connectivity index (χ2v) is 19.5. The Bertz CT molecular complexity index is 2740. The first-order chi connectivity index (χ1) is 33.7. The number of carboxylic acids is 2. The minimum absolute atomic E-state index is 0.0302. The zero-order valence-corrected chi connectivity index (χ0v) is 40.1. The zero-order chi connectivity index (χ0) is 50.2. The molecule has 5 aromatic rings. The Balaban J connectivity index is 0.848. The Morgan fingerprint density at radius 1 is 0.829 bits per heavy atom. The molecule has 0 radical (unpaired) electrons. The minimum atomic E-state index is -1.39. The van der Waals surface area contributed by atoms with Crippen molar-refractivity contribution in [2.45, 2.75) is 56.8 Å². The highest BCUT2D eigenvalue weighted by Crippen LogP contribution is 2.45. The van der Waals surface area contributed by atoms with E-state index in [1.54, 1.807) is 23.9 Å². The Morgan fingerprint density at radius 3 is 2.19 bits per heavy atom. The lowest BCUT2D eigenvalue weighted by atomic mass is 9.99. The molecule has 0 fully saturated rings. The molecule has 2 aromatic heterocycles. The number of carboxylic acid groups (broad SMARTS) is 2. The third kappa shape index (κ3) is 14.9. The molecule has 368 valence electrons. The van der Waals surface area contributed by atoms with Crippen LogP contribution in [0.15, 0.2) is 79.0 Å². The number of carbonyl (C=O) groups excluding carboxylic acids is 5. The number of carbonyl (C=O) groups is 7. The third-order valence-electron chi connectivity index (χ3n) is 10.7. The number of H-pyrrole nitrogens is 1. The van der Waals surface area contributed by atoms with E-state index in [0.29, 0.717) is 17.1 Å². The summed E-state index contributed by atoms with van der Waals surface area (Å²) in [5, 5.41) is 40.6. The van der Waals surface area contributed by atoms with Crippen LogP contribution >= 0.6 is 33.3 Å². The summed E-state index contributed by atoms with van der Waals surface area (Å²) in [6, 6.07) is 18.8. The summed E-state index contributed by atoms with van der Waals surface area (Å²) in [5.41, 5.74) is 12.3. The molecule has 3 aromatic carbocycles. The Morgan fingerprint density at radius 2 is 1.51 bits per heavy atom. The predicted octanol–water partition coefficient (Wildman–Crippen LogP) is 3.04. The molecule has 0 saturated carbocycles. The van der Waals surface area contributed by atoms with Crippen LogP contribution in [-0.4, -0.2) is 126 Å². The fraction of sp³-hybridized carbons (Fsp3) is 0.326. The Labute approximate surface area is 413 Å². The number of aliphatic carboxylic acids is 2. The summed E-state index contributed by atoms with van der Waals surface area (Å²) >= 11 is 1.64. The first kappa shape index (κ1) is 52.2. The molecule has 1 unspecified atom stereocenters. The fourth-order valence-corrected chi connectivity index (χ4v) is 10.3. The third-order valence-corrected chi connectivity index (χ3v) is 14.1. The first-order valence-electron chi connectivity index (χ1n) is 21.8. The second kappa shape index (κ2) is 25.4. The van der Waals surface area contributed by atoms with Crippen molar-refractivity contribution in [1.29, 1.82) is 5.41 Å². The molecular formula is C46H51N11O10S3. The van der Waals surface area contributed by atoms with E-state index >= 15 is 0 Å². The van der Waals surface area contributed by atoms with Crippen LogP contribution in [0.5, 0.6) is 0 Å². The number of aromatic nitrogens is 4. The molecule has 70 heavy (non-hydrogen) atoms. The Kier molecular flexibility index (Phi) is 19.0. The standard InChI is InChI=1S/C46H51N11O10S3/c1-25(58)52-35(22-50-37(59)16-18-68-23-33-31-8-4-2-6-29(31)30-7-3-5-9-32(30)33)43(62)55-36(45(65)66)24-70-69-19-17-67-38(60)15-14-34(44(63)64)54-42(61)26-10-12-27(13-11-26)49-20-28-21-51-41-39(53-28)40(47)56-46(48)57-41/h2-13,21,33-36,49H,14-20,22-24H2,1H3,(H,50,59)(H,52,58)(H,54,61)(H,55,62)(H,63,64)(H,65,66)(H4,47,48,51,56,57)/t34?,35-,36-/m0/s1. The monoisotopic (exact) mass is 1010 g/mol. The normalized spacial score (nSPS) is 12.9. The van der Waals surface area contributed by atoms with Gasteiger partial charge in [-0.05, 0) is 52.9 Å². The van der Waals surface area contributed by atoms with E-state index in [2.05, 4.69) is 70.8 Å². The van der Waals surface area contributed by atoms with Crippen LogP contribution in [0.1, 0.15) is 59.3 Å². The van der Waals surface area contributed by atoms with Gasteiger partial charge >= 0.3 is 17.9 Å². The van der Waals surface area contributed by atoms with Crippen molar-refractivity contribution in [2.24, 2.45) is 0 Å². The summed E-state index contributed by atoms with van der Waals surface area (Å²) in [5.74, 6) is -4.01. The predicted molar refractivity (Wildman–Crippen MR) is 266 cm³/mol. The number of rotatable bonds is 26. The van der Waals surface area contributed by atoms with Crippen LogP contribution in [0.25, 0.3) is 22.3 Å². The summed E-state index contributed by atoms with van der Waals surface area (Å²) in [4.78, 5) is 102. The Hall–Kier alpha value is -7.18. The van der Waals surface area contributed by atoms with E-state index in [4.69, 9.17) is 15.9 Å². The van der Waals surface area contributed by atoms with E-state index in [1.807, 2.05) is 24.3 Å². The zero-order valence-electron chi connectivity index (χ0n) is 37.7. The average molecular weight is 1010 g/mol. The molecule has 4 amide bonds. The highest BCUT2D eigenvalue weighted by Gasteiger charge is 2.29. The number of anilines is 2. The molecule has 11 N–H and O–H groups in total. The smallest absolute Gasteiger partial charge is 0.327 e. The number of benzene rings is 3. The number of esters is 1. The van der Waals surface area contributed by atoms with Crippen molar-refractivity contribution in [3.63, 3.8) is 0 Å². The molecule has 21 nitrogen and oxygen atoms in total. The van der Waals surface area contributed by atoms with Gasteiger partial charge in [0.25, 0.3) is 5.91 Å². The van der Waals surface area contributed by atoms with Crippen molar-refractivity contribution in [3.05, 3.63) is 107 Å². The van der Waals surface area contributed by atoms with Gasteiger partial charge in [-0.15, -0.1) is 0 Å². The van der Waals surface area contributed by atoms with Crippen molar-refractivity contribution >= 4 is 97.7 Å². The quantitative estimate of drug-likeness (QED) is 0.0216. The van der Waals surface area contributed by atoms with Crippen molar-refractivity contribution < 1.29 is 48.5 Å². The summed E-state index contributed by atoms with van der Waals surface area (Å²) in [7, 11) is 2.27. The maximum atomic E-state index is 13.1. The molecule has 1 aliphatic carbocycles. The van der Waals surface area contributed by atoms with E-state index in [0.717, 1.165) is 16.5 Å². The number of hydrogen-bond donors (Lipinski definition) is 10. The van der Waals surface area contributed by atoms with Gasteiger partial charge < -0.3 is 52.3 Å². The first-order valence-corrected chi connectivity index (χ1v) is 25.5. The number of nitrogens with one attached hydrogen (secondary N) is 7. The van der Waals surface area contributed by atoms with Gasteiger partial charge in [-0.3, -0.25) is 29.4 Å². The van der Waals surface area contributed by atoms with Crippen LogP contribution < -0.4 is 37.8 Å². The molecule has 0 aliphatic heterocycles. The molecule has 0 saturated heterocycles. The molecule has 6 rings (SSSR count). The molecular weight excluding hydrogens is 963 g/mol. The molecule has 0 bridgehead atoms. The van der Waals surface area contributed by atoms with Crippen LogP contribution in [-0.2, 0) is 40.0 Å². The minimum Gasteiger partial charge on any atom is -0.480 e. The molecule has 3 atom stereocenters. The topological polar surface area (TPSA) is 334 Å². The molecule has 2 heterocycles. The van der Waals surface area contributed by atoms with E-state index in [1.165, 1.54) is 58.3 Å². The average Bonchev–Trinajstić information content (AvgIpc) is 3.65. The van der Waals surface area contributed by atoms with Crippen LogP contribution in [0.4, 0.5) is 11.6 Å². The van der Waals surface area contributed by atoms with Crippen molar-refractivity contribution in [3.8, 4) is 11.1 Å². The highest BCUT2D eigenvalue weighted by molar-refractivity contribution is 8.76. The largest absolute Gasteiger partial charge is 0.480 e. The van der Waals surface area contributed by atoms with Crippen molar-refractivity contribution in [2.75, 3.05) is 47.2 Å². The lowest BCUT2D eigenvalue weighted by Gasteiger charge is -2.21. The van der Waals surface area contributed by atoms with Crippen LogP contribution in [0, 0.1) is 5.41 Å². The van der Waals surface area contributed by atoms with Crippen molar-refractivity contribution in [1.82, 2.24) is 41.2 Å². The summed E-state index contributed by atoms with van der Waals surface area (Å²) < 4.78 is 5.20. The second-order valence-electron chi connectivity index (χ2n) is 15.7. The lowest BCUT2D eigenvalue weighted by molar-refractivity contribution is -0.144. The number of amides is 4.